The molecule has 3 nitrogen and oxygen atoms in total. The van der Waals surface area contributed by atoms with E-state index >= 15 is 0 Å². The van der Waals surface area contributed by atoms with Gasteiger partial charge < -0.3 is 10.6 Å². The van der Waals surface area contributed by atoms with Crippen molar-refractivity contribution < 1.29 is 4.79 Å². The molecule has 2 N–H and O–H groups in total. The van der Waals surface area contributed by atoms with Crippen LogP contribution in [0.4, 0.5) is 16.2 Å². The van der Waals surface area contributed by atoms with Crippen LogP contribution in [0.5, 0.6) is 0 Å². The van der Waals surface area contributed by atoms with Gasteiger partial charge in [0.2, 0.25) is 0 Å². The van der Waals surface area contributed by atoms with E-state index in [1.165, 1.54) is 5.56 Å². The number of rotatable bonds is 2. The van der Waals surface area contributed by atoms with Crippen molar-refractivity contribution in [2.24, 2.45) is 0 Å². The summed E-state index contributed by atoms with van der Waals surface area (Å²) in [6.45, 7) is 4.07. The molecule has 2 aromatic carbocycles. The lowest BCUT2D eigenvalue weighted by Gasteiger charge is -2.09. The number of nitrogens with one attached hydrogen (secondary N) is 2. The molecule has 3 heteroatoms. The average Bonchev–Trinajstić information content (AvgIpc) is 2.35. The van der Waals surface area contributed by atoms with E-state index in [2.05, 4.69) is 10.6 Å². The molecular formula is C15H16N2O. The zero-order valence-corrected chi connectivity index (χ0v) is 10.5. The highest BCUT2D eigenvalue weighted by Gasteiger charge is 2.02. The van der Waals surface area contributed by atoms with Crippen molar-refractivity contribution in [2.45, 2.75) is 13.8 Å². The van der Waals surface area contributed by atoms with Crippen LogP contribution in [0.15, 0.2) is 48.5 Å². The predicted octanol–water partition coefficient (Wildman–Crippen LogP) is 3.95. The van der Waals surface area contributed by atoms with Gasteiger partial charge >= 0.3 is 6.03 Å². The molecule has 2 amide bonds. The third-order valence-electron chi connectivity index (χ3n) is 2.80. The molecule has 0 fully saturated rings. The monoisotopic (exact) mass is 240 g/mol. The number of benzene rings is 2. The van der Waals surface area contributed by atoms with E-state index < -0.39 is 0 Å². The lowest BCUT2D eigenvalue weighted by molar-refractivity contribution is 0.262. The highest BCUT2D eigenvalue weighted by Crippen LogP contribution is 2.14. The maximum atomic E-state index is 11.8. The summed E-state index contributed by atoms with van der Waals surface area (Å²) >= 11 is 0. The molecule has 0 unspecified atom stereocenters. The van der Waals surface area contributed by atoms with Crippen LogP contribution in [0.1, 0.15) is 11.1 Å². The Morgan fingerprint density at radius 1 is 0.833 bits per heavy atom. The summed E-state index contributed by atoms with van der Waals surface area (Å²) in [4.78, 5) is 11.8. The van der Waals surface area contributed by atoms with Crippen molar-refractivity contribution in [3.05, 3.63) is 59.7 Å². The molecular weight excluding hydrogens is 224 g/mol. The average molecular weight is 240 g/mol. The van der Waals surface area contributed by atoms with Gasteiger partial charge in [0.25, 0.3) is 0 Å². The quantitative estimate of drug-likeness (QED) is 0.820. The molecule has 18 heavy (non-hydrogen) atoms. The van der Waals surface area contributed by atoms with Crippen LogP contribution >= 0.6 is 0 Å². The Bertz CT molecular complexity index is 550. The van der Waals surface area contributed by atoms with E-state index in [9.17, 15) is 4.79 Å². The van der Waals surface area contributed by atoms with Crippen LogP contribution in [0.25, 0.3) is 0 Å². The topological polar surface area (TPSA) is 41.1 Å². The summed E-state index contributed by atoms with van der Waals surface area (Å²) < 4.78 is 0. The van der Waals surface area contributed by atoms with Crippen molar-refractivity contribution in [1.82, 2.24) is 0 Å². The fraction of sp³-hybridized carbons (Fsp3) is 0.133. The first-order chi connectivity index (χ1) is 8.65. The first-order valence-corrected chi connectivity index (χ1v) is 5.85. The van der Waals surface area contributed by atoms with E-state index in [4.69, 9.17) is 0 Å². The lowest BCUT2D eigenvalue weighted by Crippen LogP contribution is -2.19. The summed E-state index contributed by atoms with van der Waals surface area (Å²) in [6, 6.07) is 15.0. The standard InChI is InChI=1S/C15H16N2O/c1-11-8-9-14(10-12(11)2)17-15(18)16-13-6-4-3-5-7-13/h3-10H,1-2H3,(H2,16,17,18). The minimum Gasteiger partial charge on any atom is -0.308 e. The third-order valence-corrected chi connectivity index (χ3v) is 2.80. The molecule has 0 radical (unpaired) electrons. The van der Waals surface area contributed by atoms with Gasteiger partial charge in [-0.15, -0.1) is 0 Å². The fourth-order valence-corrected chi connectivity index (χ4v) is 1.63. The zero-order valence-electron chi connectivity index (χ0n) is 10.5. The minimum absolute atomic E-state index is 0.232. The number of carbonyl (C=O) groups is 1. The highest BCUT2D eigenvalue weighted by atomic mass is 16.2. The van der Waals surface area contributed by atoms with Gasteiger partial charge in [-0.2, -0.15) is 0 Å². The Morgan fingerprint density at radius 3 is 2.17 bits per heavy atom. The fourth-order valence-electron chi connectivity index (χ4n) is 1.63. The maximum absolute atomic E-state index is 11.8. The van der Waals surface area contributed by atoms with Crippen LogP contribution < -0.4 is 10.6 Å². The Balaban J connectivity index is 2.01. The van der Waals surface area contributed by atoms with Crippen molar-refractivity contribution in [3.63, 3.8) is 0 Å². The number of hydrogen-bond donors (Lipinski definition) is 2. The minimum atomic E-state index is -0.232. The normalized spacial score (nSPS) is 9.89. The van der Waals surface area contributed by atoms with Crippen LogP contribution in [-0.2, 0) is 0 Å². The second-order valence-corrected chi connectivity index (χ2v) is 4.24. The smallest absolute Gasteiger partial charge is 0.308 e. The molecule has 0 aliphatic rings. The van der Waals surface area contributed by atoms with Gasteiger partial charge in [0.05, 0.1) is 0 Å². The molecule has 0 heterocycles. The number of hydrogen-bond acceptors (Lipinski definition) is 1. The number of amides is 2. The van der Waals surface area contributed by atoms with Gasteiger partial charge in [-0.1, -0.05) is 24.3 Å². The molecule has 0 spiro atoms. The summed E-state index contributed by atoms with van der Waals surface area (Å²) in [7, 11) is 0. The van der Waals surface area contributed by atoms with Gasteiger partial charge in [0.1, 0.15) is 0 Å². The molecule has 2 aromatic rings. The number of carbonyl (C=O) groups excluding carboxylic acids is 1. The van der Waals surface area contributed by atoms with Gasteiger partial charge in [-0.05, 0) is 49.2 Å². The van der Waals surface area contributed by atoms with E-state index in [1.54, 1.807) is 0 Å². The molecule has 92 valence electrons. The van der Waals surface area contributed by atoms with Gasteiger partial charge in [0, 0.05) is 11.4 Å². The summed E-state index contributed by atoms with van der Waals surface area (Å²) in [5.41, 5.74) is 3.95. The Kier molecular flexibility index (Phi) is 3.63. The van der Waals surface area contributed by atoms with Crippen molar-refractivity contribution >= 4 is 17.4 Å². The maximum Gasteiger partial charge on any atom is 0.323 e. The van der Waals surface area contributed by atoms with Crippen LogP contribution in [0, 0.1) is 13.8 Å². The number of urea groups is 1. The molecule has 0 saturated heterocycles. The molecule has 0 aromatic heterocycles. The van der Waals surface area contributed by atoms with Crippen molar-refractivity contribution in [2.75, 3.05) is 10.6 Å². The van der Waals surface area contributed by atoms with Crippen molar-refractivity contribution in [3.8, 4) is 0 Å². The van der Waals surface area contributed by atoms with Crippen LogP contribution in [0.3, 0.4) is 0 Å². The van der Waals surface area contributed by atoms with Gasteiger partial charge in [-0.3, -0.25) is 0 Å². The zero-order chi connectivity index (χ0) is 13.0. The first kappa shape index (κ1) is 12.2. The van der Waals surface area contributed by atoms with E-state index in [1.807, 2.05) is 62.4 Å². The number of aryl methyl sites for hydroxylation is 2. The molecule has 0 aliphatic heterocycles. The molecule has 0 bridgehead atoms. The second kappa shape index (κ2) is 5.36. The Labute approximate surface area is 107 Å². The summed E-state index contributed by atoms with van der Waals surface area (Å²) in [6.07, 6.45) is 0. The molecule has 0 saturated carbocycles. The predicted molar refractivity (Wildman–Crippen MR) is 75.0 cm³/mol. The van der Waals surface area contributed by atoms with Gasteiger partial charge in [-0.25, -0.2) is 4.79 Å². The van der Waals surface area contributed by atoms with Crippen molar-refractivity contribution in [1.29, 1.82) is 0 Å². The third kappa shape index (κ3) is 3.10. The summed E-state index contributed by atoms with van der Waals surface area (Å²) in [5.74, 6) is 0. The Morgan fingerprint density at radius 2 is 1.50 bits per heavy atom. The SMILES string of the molecule is Cc1ccc(NC(=O)Nc2ccccc2)cc1C. The van der Waals surface area contributed by atoms with E-state index in [-0.39, 0.29) is 6.03 Å². The van der Waals surface area contributed by atoms with Gasteiger partial charge in [0.15, 0.2) is 0 Å². The lowest BCUT2D eigenvalue weighted by atomic mass is 10.1. The Hall–Kier alpha value is -2.29. The summed E-state index contributed by atoms with van der Waals surface area (Å²) in [5, 5.41) is 5.58. The molecule has 0 atom stereocenters. The van der Waals surface area contributed by atoms with E-state index in [0.717, 1.165) is 16.9 Å². The highest BCUT2D eigenvalue weighted by molar-refractivity contribution is 5.99. The second-order valence-electron chi connectivity index (χ2n) is 4.24. The van der Waals surface area contributed by atoms with Crippen LogP contribution in [0.2, 0.25) is 0 Å². The molecule has 2 rings (SSSR count). The first-order valence-electron chi connectivity index (χ1n) is 5.85. The molecule has 0 aliphatic carbocycles. The van der Waals surface area contributed by atoms with E-state index in [0.29, 0.717) is 0 Å². The number of para-hydroxylation sites is 1. The number of anilines is 2. The van der Waals surface area contributed by atoms with Crippen LogP contribution in [-0.4, -0.2) is 6.03 Å². The largest absolute Gasteiger partial charge is 0.323 e.